The summed E-state index contributed by atoms with van der Waals surface area (Å²) in [6, 6.07) is 1.72. The third-order valence-electron chi connectivity index (χ3n) is 4.08. The number of nitrogens with one attached hydrogen (secondary N) is 2. The van der Waals surface area contributed by atoms with Gasteiger partial charge in [-0.3, -0.25) is 4.79 Å². The van der Waals surface area contributed by atoms with E-state index in [0.29, 0.717) is 12.5 Å². The standard InChI is InChI=1S/C16H20Cl2N4O2S/c1-5-24-11-6-8(2)19-14(20-11)22-15(25)21-13(23)12-9(7-10(17)18)16(12,3)4/h6-7,9,12H,5H2,1-4H3,(H2,19,20,21,22,23,25)/t9-,12+/m1/s1. The van der Waals surface area contributed by atoms with Crippen LogP contribution in [0.3, 0.4) is 0 Å². The zero-order valence-electron chi connectivity index (χ0n) is 14.4. The number of amides is 1. The number of anilines is 1. The van der Waals surface area contributed by atoms with E-state index in [9.17, 15) is 4.79 Å². The molecule has 0 spiro atoms. The Morgan fingerprint density at radius 1 is 1.44 bits per heavy atom. The molecule has 2 atom stereocenters. The first-order valence-corrected chi connectivity index (χ1v) is 8.94. The van der Waals surface area contributed by atoms with Gasteiger partial charge in [-0.05, 0) is 43.5 Å². The van der Waals surface area contributed by atoms with E-state index in [1.165, 1.54) is 0 Å². The lowest BCUT2D eigenvalue weighted by Crippen LogP contribution is -2.36. The fourth-order valence-electron chi connectivity index (χ4n) is 2.77. The van der Waals surface area contributed by atoms with Crippen LogP contribution in [0.1, 0.15) is 26.5 Å². The van der Waals surface area contributed by atoms with Gasteiger partial charge in [0.25, 0.3) is 0 Å². The normalized spacial score (nSPS) is 20.4. The minimum absolute atomic E-state index is 0.0277. The van der Waals surface area contributed by atoms with Crippen LogP contribution in [0.25, 0.3) is 0 Å². The fraction of sp³-hybridized carbons (Fsp3) is 0.500. The van der Waals surface area contributed by atoms with Crippen molar-refractivity contribution in [1.82, 2.24) is 15.3 Å². The summed E-state index contributed by atoms with van der Waals surface area (Å²) in [7, 11) is 0. The van der Waals surface area contributed by atoms with Crippen LogP contribution in [0.15, 0.2) is 16.6 Å². The molecular weight excluding hydrogens is 383 g/mol. The third kappa shape index (κ3) is 5.03. The highest BCUT2D eigenvalue weighted by Gasteiger charge is 2.60. The monoisotopic (exact) mass is 402 g/mol. The van der Waals surface area contributed by atoms with Crippen molar-refractivity contribution < 1.29 is 9.53 Å². The smallest absolute Gasteiger partial charge is 0.232 e. The van der Waals surface area contributed by atoms with Gasteiger partial charge in [0, 0.05) is 11.8 Å². The summed E-state index contributed by atoms with van der Waals surface area (Å²) < 4.78 is 5.52. The minimum Gasteiger partial charge on any atom is -0.478 e. The maximum atomic E-state index is 12.4. The van der Waals surface area contributed by atoms with Crippen LogP contribution in [0.4, 0.5) is 5.95 Å². The highest BCUT2D eigenvalue weighted by atomic mass is 35.5. The molecule has 0 aromatic carbocycles. The van der Waals surface area contributed by atoms with E-state index in [1.54, 1.807) is 12.1 Å². The van der Waals surface area contributed by atoms with E-state index in [4.69, 9.17) is 40.2 Å². The average Bonchev–Trinajstić information content (AvgIpc) is 2.98. The molecule has 0 unspecified atom stereocenters. The topological polar surface area (TPSA) is 76.1 Å². The minimum atomic E-state index is -0.253. The molecule has 6 nitrogen and oxygen atoms in total. The van der Waals surface area contributed by atoms with Crippen molar-refractivity contribution in [3.05, 3.63) is 22.3 Å². The molecule has 0 bridgehead atoms. The summed E-state index contributed by atoms with van der Waals surface area (Å²) in [5.41, 5.74) is 0.497. The van der Waals surface area contributed by atoms with Gasteiger partial charge in [0.05, 0.1) is 12.5 Å². The van der Waals surface area contributed by atoms with Crippen molar-refractivity contribution in [2.24, 2.45) is 17.3 Å². The zero-order valence-corrected chi connectivity index (χ0v) is 16.7. The fourth-order valence-corrected chi connectivity index (χ4v) is 3.23. The van der Waals surface area contributed by atoms with Crippen LogP contribution in [-0.2, 0) is 4.79 Å². The number of carbonyl (C=O) groups is 1. The summed E-state index contributed by atoms with van der Waals surface area (Å²) >= 11 is 16.6. The Morgan fingerprint density at radius 3 is 2.72 bits per heavy atom. The van der Waals surface area contributed by atoms with Crippen molar-refractivity contribution in [3.63, 3.8) is 0 Å². The Labute approximate surface area is 162 Å². The van der Waals surface area contributed by atoms with Gasteiger partial charge in [-0.15, -0.1) is 0 Å². The SMILES string of the molecule is CCOc1cc(C)nc(NC(=S)NC(=O)[C@@H]2[C@@H](C=C(Cl)Cl)C2(C)C)n1. The molecule has 1 aromatic rings. The van der Waals surface area contributed by atoms with Gasteiger partial charge in [0.1, 0.15) is 4.49 Å². The van der Waals surface area contributed by atoms with Gasteiger partial charge in [-0.1, -0.05) is 37.0 Å². The molecule has 1 saturated carbocycles. The molecule has 136 valence electrons. The number of hydrogen-bond donors (Lipinski definition) is 2. The Hall–Kier alpha value is -1.44. The number of aryl methyl sites for hydroxylation is 1. The van der Waals surface area contributed by atoms with Gasteiger partial charge >= 0.3 is 0 Å². The molecule has 1 aromatic heterocycles. The predicted molar refractivity (Wildman–Crippen MR) is 103 cm³/mol. The van der Waals surface area contributed by atoms with Gasteiger partial charge < -0.3 is 15.4 Å². The van der Waals surface area contributed by atoms with Gasteiger partial charge in [-0.2, -0.15) is 4.98 Å². The highest BCUT2D eigenvalue weighted by molar-refractivity contribution is 7.80. The Morgan fingerprint density at radius 2 is 2.12 bits per heavy atom. The van der Waals surface area contributed by atoms with Crippen molar-refractivity contribution >= 4 is 52.4 Å². The summed E-state index contributed by atoms with van der Waals surface area (Å²) in [4.78, 5) is 20.8. The Bertz CT molecular complexity index is 720. The lowest BCUT2D eigenvalue weighted by atomic mass is 10.1. The van der Waals surface area contributed by atoms with Gasteiger partial charge in [0.15, 0.2) is 5.11 Å². The number of thiocarbonyl (C=S) groups is 1. The van der Waals surface area contributed by atoms with E-state index < -0.39 is 0 Å². The quantitative estimate of drug-likeness (QED) is 0.732. The predicted octanol–water partition coefficient (Wildman–Crippen LogP) is 3.59. The van der Waals surface area contributed by atoms with Crippen LogP contribution >= 0.6 is 35.4 Å². The van der Waals surface area contributed by atoms with Crippen molar-refractivity contribution in [2.45, 2.75) is 27.7 Å². The number of rotatable bonds is 5. The molecule has 2 rings (SSSR count). The van der Waals surface area contributed by atoms with Gasteiger partial charge in [0.2, 0.25) is 17.7 Å². The number of carbonyl (C=O) groups excluding carboxylic acids is 1. The summed E-state index contributed by atoms with van der Waals surface area (Å²) in [6.07, 6.45) is 1.68. The first-order chi connectivity index (χ1) is 11.6. The zero-order chi connectivity index (χ0) is 18.8. The van der Waals surface area contributed by atoms with Crippen LogP contribution in [0, 0.1) is 24.2 Å². The van der Waals surface area contributed by atoms with Crippen LogP contribution in [0.5, 0.6) is 5.88 Å². The van der Waals surface area contributed by atoms with E-state index in [-0.39, 0.29) is 38.7 Å². The van der Waals surface area contributed by atoms with E-state index in [2.05, 4.69) is 20.6 Å². The lowest BCUT2D eigenvalue weighted by Gasteiger charge is -2.10. The molecule has 1 heterocycles. The first-order valence-electron chi connectivity index (χ1n) is 7.78. The van der Waals surface area contributed by atoms with Crippen molar-refractivity contribution in [3.8, 4) is 5.88 Å². The van der Waals surface area contributed by atoms with Gasteiger partial charge in [-0.25, -0.2) is 4.98 Å². The molecule has 0 aliphatic heterocycles. The maximum Gasteiger partial charge on any atom is 0.232 e. The molecule has 9 heteroatoms. The van der Waals surface area contributed by atoms with E-state index >= 15 is 0 Å². The molecule has 1 aliphatic rings. The number of halogens is 2. The maximum absolute atomic E-state index is 12.4. The molecule has 1 amide bonds. The average molecular weight is 403 g/mol. The molecule has 1 fully saturated rings. The Balaban J connectivity index is 1.99. The number of hydrogen-bond acceptors (Lipinski definition) is 5. The number of aromatic nitrogens is 2. The molecular formula is C16H20Cl2N4O2S. The molecule has 1 aliphatic carbocycles. The summed E-state index contributed by atoms with van der Waals surface area (Å²) in [6.45, 7) is 8.13. The first kappa shape index (κ1) is 19.9. The van der Waals surface area contributed by atoms with E-state index in [1.807, 2.05) is 27.7 Å². The molecule has 0 radical (unpaired) electrons. The summed E-state index contributed by atoms with van der Waals surface area (Å²) in [5.74, 6) is 0.231. The molecule has 2 N–H and O–H groups in total. The van der Waals surface area contributed by atoms with Crippen LogP contribution < -0.4 is 15.4 Å². The number of nitrogens with zero attached hydrogens (tertiary/aromatic N) is 2. The third-order valence-corrected chi connectivity index (χ3v) is 4.54. The van der Waals surface area contributed by atoms with Crippen LogP contribution in [0.2, 0.25) is 0 Å². The Kier molecular flexibility index (Phi) is 6.24. The summed E-state index contributed by atoms with van der Waals surface area (Å²) in [5, 5.41) is 5.60. The second kappa shape index (κ2) is 7.85. The largest absolute Gasteiger partial charge is 0.478 e. The number of allylic oxidation sites excluding steroid dienone is 1. The van der Waals surface area contributed by atoms with E-state index in [0.717, 1.165) is 5.69 Å². The van der Waals surface area contributed by atoms with Crippen molar-refractivity contribution in [1.29, 1.82) is 0 Å². The second-order valence-electron chi connectivity index (χ2n) is 6.33. The lowest BCUT2D eigenvalue weighted by molar-refractivity contribution is -0.121. The molecule has 25 heavy (non-hydrogen) atoms. The molecule has 0 saturated heterocycles. The second-order valence-corrected chi connectivity index (χ2v) is 7.74. The highest BCUT2D eigenvalue weighted by Crippen LogP contribution is 2.59. The number of ether oxygens (including phenoxy) is 1. The van der Waals surface area contributed by atoms with Crippen LogP contribution in [-0.4, -0.2) is 27.6 Å². The van der Waals surface area contributed by atoms with Crippen molar-refractivity contribution in [2.75, 3.05) is 11.9 Å².